The molecule has 0 aliphatic rings. The van der Waals surface area contributed by atoms with Crippen LogP contribution in [0.25, 0.3) is 0 Å². The topological polar surface area (TPSA) is 47.6 Å². The fourth-order valence-electron chi connectivity index (χ4n) is 0.688. The molecule has 0 saturated carbocycles. The van der Waals surface area contributed by atoms with E-state index < -0.39 is 0 Å². The summed E-state index contributed by atoms with van der Waals surface area (Å²) < 4.78 is 4.74. The SMILES string of the molecule is COCCONC(=O)CCCCBr. The number of ether oxygens (including phenoxy) is 1. The van der Waals surface area contributed by atoms with Crippen molar-refractivity contribution in [3.8, 4) is 0 Å². The lowest BCUT2D eigenvalue weighted by molar-refractivity contribution is -0.134. The first-order chi connectivity index (χ1) is 6.31. The van der Waals surface area contributed by atoms with Crippen molar-refractivity contribution >= 4 is 21.8 Å². The highest BCUT2D eigenvalue weighted by atomic mass is 79.9. The van der Waals surface area contributed by atoms with E-state index in [0.29, 0.717) is 19.6 Å². The quantitative estimate of drug-likeness (QED) is 0.403. The molecule has 78 valence electrons. The fraction of sp³-hybridized carbons (Fsp3) is 0.875. The average Bonchev–Trinajstić information content (AvgIpc) is 2.13. The van der Waals surface area contributed by atoms with Crippen molar-refractivity contribution < 1.29 is 14.4 Å². The highest BCUT2D eigenvalue weighted by Crippen LogP contribution is 1.97. The van der Waals surface area contributed by atoms with Gasteiger partial charge in [-0.15, -0.1) is 0 Å². The lowest BCUT2D eigenvalue weighted by Gasteiger charge is -2.04. The van der Waals surface area contributed by atoms with Gasteiger partial charge in [-0.2, -0.15) is 0 Å². The summed E-state index contributed by atoms with van der Waals surface area (Å²) in [5.41, 5.74) is 2.34. The van der Waals surface area contributed by atoms with Gasteiger partial charge in [0.05, 0.1) is 13.2 Å². The molecule has 0 bridgehead atoms. The zero-order chi connectivity index (χ0) is 9.94. The van der Waals surface area contributed by atoms with Crippen molar-refractivity contribution in [2.24, 2.45) is 0 Å². The summed E-state index contributed by atoms with van der Waals surface area (Å²) in [6.07, 6.45) is 2.40. The summed E-state index contributed by atoms with van der Waals surface area (Å²) in [4.78, 5) is 15.8. The predicted molar refractivity (Wildman–Crippen MR) is 53.6 cm³/mol. The minimum Gasteiger partial charge on any atom is -0.382 e. The van der Waals surface area contributed by atoms with Gasteiger partial charge in [0.1, 0.15) is 0 Å². The molecule has 0 rings (SSSR count). The van der Waals surface area contributed by atoms with Crippen LogP contribution in [0.15, 0.2) is 0 Å². The standard InChI is InChI=1S/C8H16BrNO3/c1-12-6-7-13-10-8(11)4-2-3-5-9/h2-7H2,1H3,(H,10,11). The Morgan fingerprint density at radius 2 is 2.15 bits per heavy atom. The molecule has 13 heavy (non-hydrogen) atoms. The van der Waals surface area contributed by atoms with E-state index in [4.69, 9.17) is 9.57 Å². The number of unbranched alkanes of at least 4 members (excludes halogenated alkanes) is 1. The van der Waals surface area contributed by atoms with E-state index in [1.165, 1.54) is 0 Å². The number of rotatable bonds is 8. The Kier molecular flexibility index (Phi) is 9.85. The first-order valence-corrected chi connectivity index (χ1v) is 5.39. The summed E-state index contributed by atoms with van der Waals surface area (Å²) in [7, 11) is 1.58. The van der Waals surface area contributed by atoms with Crippen LogP contribution in [0.4, 0.5) is 0 Å². The van der Waals surface area contributed by atoms with Gasteiger partial charge in [0.2, 0.25) is 5.91 Å². The van der Waals surface area contributed by atoms with Gasteiger partial charge in [0.25, 0.3) is 0 Å². The van der Waals surface area contributed by atoms with Crippen LogP contribution < -0.4 is 5.48 Å². The second-order valence-electron chi connectivity index (χ2n) is 2.51. The van der Waals surface area contributed by atoms with Crippen molar-refractivity contribution in [2.45, 2.75) is 19.3 Å². The van der Waals surface area contributed by atoms with Crippen molar-refractivity contribution in [1.29, 1.82) is 0 Å². The minimum atomic E-state index is -0.0722. The minimum absolute atomic E-state index is 0.0722. The van der Waals surface area contributed by atoms with Gasteiger partial charge in [-0.05, 0) is 12.8 Å². The molecule has 0 spiro atoms. The number of hydrogen-bond acceptors (Lipinski definition) is 3. The van der Waals surface area contributed by atoms with Crippen molar-refractivity contribution in [3.05, 3.63) is 0 Å². The number of carbonyl (C=O) groups is 1. The molecule has 0 fully saturated rings. The maximum atomic E-state index is 11.0. The van der Waals surface area contributed by atoms with Crippen molar-refractivity contribution in [2.75, 3.05) is 25.7 Å². The van der Waals surface area contributed by atoms with Crippen LogP contribution in [0.5, 0.6) is 0 Å². The summed E-state index contributed by atoms with van der Waals surface area (Å²) in [5.74, 6) is -0.0722. The van der Waals surface area contributed by atoms with Crippen LogP contribution in [-0.2, 0) is 14.4 Å². The summed E-state index contributed by atoms with van der Waals surface area (Å²) >= 11 is 3.29. The highest BCUT2D eigenvalue weighted by molar-refractivity contribution is 9.09. The van der Waals surface area contributed by atoms with Crippen molar-refractivity contribution in [1.82, 2.24) is 5.48 Å². The number of hydroxylamine groups is 1. The Morgan fingerprint density at radius 3 is 2.77 bits per heavy atom. The van der Waals surface area contributed by atoms with Crippen LogP contribution in [-0.4, -0.2) is 31.6 Å². The highest BCUT2D eigenvalue weighted by Gasteiger charge is 1.99. The van der Waals surface area contributed by atoms with E-state index >= 15 is 0 Å². The first kappa shape index (κ1) is 12.9. The van der Waals surface area contributed by atoms with Gasteiger partial charge >= 0.3 is 0 Å². The Labute approximate surface area is 87.1 Å². The molecule has 0 radical (unpaired) electrons. The molecule has 0 saturated heterocycles. The third-order valence-electron chi connectivity index (χ3n) is 1.36. The number of carbonyl (C=O) groups excluding carboxylic acids is 1. The zero-order valence-corrected chi connectivity index (χ0v) is 9.43. The predicted octanol–water partition coefficient (Wildman–Crippen LogP) is 1.25. The summed E-state index contributed by atoms with van der Waals surface area (Å²) in [5, 5.41) is 0.935. The summed E-state index contributed by atoms with van der Waals surface area (Å²) in [6.45, 7) is 0.877. The average molecular weight is 254 g/mol. The number of halogens is 1. The molecule has 0 aliphatic carbocycles. The molecule has 0 atom stereocenters. The monoisotopic (exact) mass is 253 g/mol. The van der Waals surface area contributed by atoms with E-state index in [-0.39, 0.29) is 5.91 Å². The van der Waals surface area contributed by atoms with Crippen LogP contribution in [0, 0.1) is 0 Å². The number of hydrogen-bond donors (Lipinski definition) is 1. The number of methoxy groups -OCH3 is 1. The maximum Gasteiger partial charge on any atom is 0.243 e. The van der Waals surface area contributed by atoms with Gasteiger partial charge in [-0.25, -0.2) is 5.48 Å². The molecule has 0 aliphatic heterocycles. The molecule has 0 aromatic carbocycles. The van der Waals surface area contributed by atoms with Crippen LogP contribution in [0.3, 0.4) is 0 Å². The Morgan fingerprint density at radius 1 is 1.38 bits per heavy atom. The molecule has 5 heteroatoms. The van der Waals surface area contributed by atoms with Crippen LogP contribution in [0.2, 0.25) is 0 Å². The van der Waals surface area contributed by atoms with E-state index in [1.807, 2.05) is 0 Å². The molecule has 0 unspecified atom stereocenters. The fourth-order valence-corrected chi connectivity index (χ4v) is 1.08. The molecule has 0 aromatic heterocycles. The molecule has 1 N–H and O–H groups in total. The molecular weight excluding hydrogens is 238 g/mol. The van der Waals surface area contributed by atoms with Gasteiger partial charge in [-0.1, -0.05) is 15.9 Å². The number of nitrogens with one attached hydrogen (secondary N) is 1. The molecule has 1 amide bonds. The van der Waals surface area contributed by atoms with E-state index in [0.717, 1.165) is 18.2 Å². The lowest BCUT2D eigenvalue weighted by atomic mass is 10.2. The van der Waals surface area contributed by atoms with E-state index in [1.54, 1.807) is 7.11 Å². The normalized spacial score (nSPS) is 10.0. The van der Waals surface area contributed by atoms with Crippen molar-refractivity contribution in [3.63, 3.8) is 0 Å². The van der Waals surface area contributed by atoms with Gasteiger partial charge in [-0.3, -0.25) is 9.63 Å². The van der Waals surface area contributed by atoms with Gasteiger partial charge in [0.15, 0.2) is 0 Å². The second-order valence-corrected chi connectivity index (χ2v) is 3.31. The first-order valence-electron chi connectivity index (χ1n) is 4.26. The number of amides is 1. The number of alkyl halides is 1. The third kappa shape index (κ3) is 9.79. The molecule has 4 nitrogen and oxygen atoms in total. The lowest BCUT2D eigenvalue weighted by Crippen LogP contribution is -2.25. The van der Waals surface area contributed by atoms with E-state index in [2.05, 4.69) is 21.4 Å². The Hall–Kier alpha value is -0.130. The van der Waals surface area contributed by atoms with Gasteiger partial charge < -0.3 is 4.74 Å². The van der Waals surface area contributed by atoms with Gasteiger partial charge in [0, 0.05) is 18.9 Å². The van der Waals surface area contributed by atoms with E-state index in [9.17, 15) is 4.79 Å². The van der Waals surface area contributed by atoms with Crippen LogP contribution in [0.1, 0.15) is 19.3 Å². The second kappa shape index (κ2) is 9.95. The smallest absolute Gasteiger partial charge is 0.243 e. The Bertz CT molecular complexity index is 133. The molecule has 0 aromatic rings. The summed E-state index contributed by atoms with van der Waals surface area (Å²) in [6, 6.07) is 0. The zero-order valence-electron chi connectivity index (χ0n) is 7.85. The van der Waals surface area contributed by atoms with Crippen LogP contribution >= 0.6 is 15.9 Å². The largest absolute Gasteiger partial charge is 0.382 e. The molecule has 0 heterocycles. The molecular formula is C8H16BrNO3. The Balaban J connectivity index is 3.11. The maximum absolute atomic E-state index is 11.0. The third-order valence-corrected chi connectivity index (χ3v) is 1.92.